The van der Waals surface area contributed by atoms with Gasteiger partial charge in [-0.15, -0.1) is 0 Å². The fourth-order valence-electron chi connectivity index (χ4n) is 1.21. The van der Waals surface area contributed by atoms with Crippen molar-refractivity contribution >= 4 is 50.9 Å². The number of hydrogen-bond acceptors (Lipinski definition) is 3. The van der Waals surface area contributed by atoms with Crippen LogP contribution in [0.1, 0.15) is 10.4 Å². The Hall–Kier alpha value is -1.17. The number of carbonyl (C=O) groups excluding carboxylic acids is 1. The number of nitrogens with zero attached hydrogens (tertiary/aromatic N) is 2. The summed E-state index contributed by atoms with van der Waals surface area (Å²) in [6.07, 6.45) is 1.33. The molecule has 0 radical (unpaired) electrons. The molecule has 0 unspecified atom stereocenters. The third-order valence-corrected chi connectivity index (χ3v) is 3.04. The topological polar surface area (TPSA) is 54.9 Å². The van der Waals surface area contributed by atoms with E-state index in [2.05, 4.69) is 31.2 Å². The average Bonchev–Trinajstić information content (AvgIpc) is 2.34. The standard InChI is InChI=1S/C11H6BrCl2N3O/c12-7-3-1-6(2-4-7)10(18)16-9-8(13)5-15-11(14)17-9/h1-5H,(H,15,16,17,18). The molecular weight excluding hydrogens is 341 g/mol. The van der Waals surface area contributed by atoms with Gasteiger partial charge in [-0.2, -0.15) is 4.98 Å². The maximum Gasteiger partial charge on any atom is 0.256 e. The highest BCUT2D eigenvalue weighted by atomic mass is 79.9. The van der Waals surface area contributed by atoms with E-state index in [1.807, 2.05) is 0 Å². The Bertz CT molecular complexity index is 589. The summed E-state index contributed by atoms with van der Waals surface area (Å²) in [5.41, 5.74) is 0.490. The molecule has 18 heavy (non-hydrogen) atoms. The van der Waals surface area contributed by atoms with E-state index in [0.717, 1.165) is 4.47 Å². The van der Waals surface area contributed by atoms with E-state index in [0.29, 0.717) is 5.56 Å². The van der Waals surface area contributed by atoms with Crippen LogP contribution in [0.25, 0.3) is 0 Å². The Labute approximate surface area is 121 Å². The van der Waals surface area contributed by atoms with Crippen molar-refractivity contribution in [1.82, 2.24) is 9.97 Å². The van der Waals surface area contributed by atoms with Crippen LogP contribution in [0, 0.1) is 0 Å². The fourth-order valence-corrected chi connectivity index (χ4v) is 1.75. The van der Waals surface area contributed by atoms with E-state index in [1.54, 1.807) is 24.3 Å². The van der Waals surface area contributed by atoms with Gasteiger partial charge in [0.15, 0.2) is 5.82 Å². The van der Waals surface area contributed by atoms with Crippen LogP contribution in [0.4, 0.5) is 5.82 Å². The number of halogens is 3. The average molecular weight is 347 g/mol. The third-order valence-electron chi connectivity index (χ3n) is 2.05. The van der Waals surface area contributed by atoms with Crippen LogP contribution >= 0.6 is 39.1 Å². The van der Waals surface area contributed by atoms with Crippen LogP contribution in [-0.2, 0) is 0 Å². The Morgan fingerprint density at radius 1 is 1.22 bits per heavy atom. The zero-order valence-corrected chi connectivity index (χ0v) is 11.9. The normalized spacial score (nSPS) is 10.2. The zero-order valence-electron chi connectivity index (χ0n) is 8.82. The SMILES string of the molecule is O=C(Nc1nc(Cl)ncc1Cl)c1ccc(Br)cc1. The number of hydrogen-bond donors (Lipinski definition) is 1. The first kappa shape index (κ1) is 13.3. The van der Waals surface area contributed by atoms with E-state index in [9.17, 15) is 4.79 Å². The summed E-state index contributed by atoms with van der Waals surface area (Å²) in [6, 6.07) is 6.89. The molecule has 4 nitrogen and oxygen atoms in total. The summed E-state index contributed by atoms with van der Waals surface area (Å²) in [5, 5.41) is 2.81. The number of carbonyl (C=O) groups is 1. The van der Waals surface area contributed by atoms with Gasteiger partial charge < -0.3 is 5.32 Å². The molecular formula is C11H6BrCl2N3O. The van der Waals surface area contributed by atoms with Gasteiger partial charge in [0.25, 0.3) is 5.91 Å². The van der Waals surface area contributed by atoms with Gasteiger partial charge >= 0.3 is 0 Å². The first-order valence-corrected chi connectivity index (χ1v) is 6.36. The van der Waals surface area contributed by atoms with E-state index in [1.165, 1.54) is 6.20 Å². The molecule has 0 aliphatic heterocycles. The quantitative estimate of drug-likeness (QED) is 0.841. The van der Waals surface area contributed by atoms with Gasteiger partial charge in [-0.3, -0.25) is 4.79 Å². The molecule has 7 heteroatoms. The van der Waals surface area contributed by atoms with Gasteiger partial charge in [0.05, 0.1) is 6.20 Å². The van der Waals surface area contributed by atoms with Crippen molar-refractivity contribution in [3.8, 4) is 0 Å². The first-order chi connectivity index (χ1) is 8.56. The molecule has 1 aromatic heterocycles. The number of aromatic nitrogens is 2. The lowest BCUT2D eigenvalue weighted by molar-refractivity contribution is 0.102. The number of amides is 1. The number of rotatable bonds is 2. The predicted octanol–water partition coefficient (Wildman–Crippen LogP) is 3.80. The minimum absolute atomic E-state index is 0.0190. The lowest BCUT2D eigenvalue weighted by Crippen LogP contribution is -2.13. The highest BCUT2D eigenvalue weighted by molar-refractivity contribution is 9.10. The largest absolute Gasteiger partial charge is 0.305 e. The lowest BCUT2D eigenvalue weighted by atomic mass is 10.2. The number of nitrogens with one attached hydrogen (secondary N) is 1. The molecule has 2 aromatic rings. The van der Waals surface area contributed by atoms with Crippen molar-refractivity contribution in [2.75, 3.05) is 5.32 Å². The zero-order chi connectivity index (χ0) is 13.1. The second-order valence-electron chi connectivity index (χ2n) is 3.30. The summed E-state index contributed by atoms with van der Waals surface area (Å²) in [7, 11) is 0. The van der Waals surface area contributed by atoms with Crippen LogP contribution in [0.2, 0.25) is 10.3 Å². The maximum absolute atomic E-state index is 11.9. The van der Waals surface area contributed by atoms with Crippen molar-refractivity contribution in [3.05, 3.63) is 50.8 Å². The third kappa shape index (κ3) is 3.19. The molecule has 0 fully saturated rings. The smallest absolute Gasteiger partial charge is 0.256 e. The highest BCUT2D eigenvalue weighted by Gasteiger charge is 2.10. The van der Waals surface area contributed by atoms with E-state index >= 15 is 0 Å². The molecule has 0 bridgehead atoms. The minimum atomic E-state index is -0.320. The molecule has 92 valence electrons. The predicted molar refractivity (Wildman–Crippen MR) is 74.1 cm³/mol. The van der Waals surface area contributed by atoms with E-state index in [4.69, 9.17) is 23.2 Å². The second kappa shape index (κ2) is 5.65. The van der Waals surface area contributed by atoms with Crippen LogP contribution < -0.4 is 5.32 Å². The fraction of sp³-hybridized carbons (Fsp3) is 0. The molecule has 1 heterocycles. The minimum Gasteiger partial charge on any atom is -0.305 e. The van der Waals surface area contributed by atoms with Crippen molar-refractivity contribution in [2.45, 2.75) is 0 Å². The Kier molecular flexibility index (Phi) is 4.16. The first-order valence-electron chi connectivity index (χ1n) is 4.81. The molecule has 1 amide bonds. The Balaban J connectivity index is 2.21. The number of anilines is 1. The Morgan fingerprint density at radius 3 is 2.56 bits per heavy atom. The molecule has 0 aliphatic rings. The maximum atomic E-state index is 11.9. The molecule has 0 saturated heterocycles. The highest BCUT2D eigenvalue weighted by Crippen LogP contribution is 2.20. The Morgan fingerprint density at radius 2 is 1.89 bits per heavy atom. The van der Waals surface area contributed by atoms with Crippen LogP contribution in [0.15, 0.2) is 34.9 Å². The van der Waals surface area contributed by atoms with E-state index in [-0.39, 0.29) is 22.0 Å². The second-order valence-corrected chi connectivity index (χ2v) is 4.96. The van der Waals surface area contributed by atoms with Crippen molar-refractivity contribution in [1.29, 1.82) is 0 Å². The lowest BCUT2D eigenvalue weighted by Gasteiger charge is -2.06. The molecule has 2 rings (SSSR count). The number of benzene rings is 1. The van der Waals surface area contributed by atoms with E-state index < -0.39 is 0 Å². The summed E-state index contributed by atoms with van der Waals surface area (Å²) >= 11 is 14.8. The summed E-state index contributed by atoms with van der Waals surface area (Å²) in [6.45, 7) is 0. The molecule has 1 N–H and O–H groups in total. The van der Waals surface area contributed by atoms with Crippen LogP contribution in [-0.4, -0.2) is 15.9 Å². The molecule has 1 aromatic carbocycles. The van der Waals surface area contributed by atoms with Gasteiger partial charge in [0.2, 0.25) is 5.28 Å². The van der Waals surface area contributed by atoms with Gasteiger partial charge in [0, 0.05) is 10.0 Å². The van der Waals surface area contributed by atoms with Gasteiger partial charge in [-0.05, 0) is 35.9 Å². The molecule has 0 aliphatic carbocycles. The summed E-state index contributed by atoms with van der Waals surface area (Å²) in [4.78, 5) is 19.4. The van der Waals surface area contributed by atoms with Gasteiger partial charge in [0.1, 0.15) is 5.02 Å². The summed E-state index contributed by atoms with van der Waals surface area (Å²) < 4.78 is 0.891. The van der Waals surface area contributed by atoms with Crippen molar-refractivity contribution in [2.24, 2.45) is 0 Å². The summed E-state index contributed by atoms with van der Waals surface area (Å²) in [5.74, 6) is -0.135. The van der Waals surface area contributed by atoms with Crippen molar-refractivity contribution in [3.63, 3.8) is 0 Å². The molecule has 0 saturated carbocycles. The molecule has 0 spiro atoms. The van der Waals surface area contributed by atoms with Gasteiger partial charge in [-0.25, -0.2) is 4.98 Å². The van der Waals surface area contributed by atoms with Gasteiger partial charge in [-0.1, -0.05) is 27.5 Å². The van der Waals surface area contributed by atoms with Crippen LogP contribution in [0.5, 0.6) is 0 Å². The molecule has 0 atom stereocenters. The van der Waals surface area contributed by atoms with Crippen LogP contribution in [0.3, 0.4) is 0 Å². The van der Waals surface area contributed by atoms with Crippen molar-refractivity contribution < 1.29 is 4.79 Å². The monoisotopic (exact) mass is 345 g/mol.